The minimum atomic E-state index is -0.354. The summed E-state index contributed by atoms with van der Waals surface area (Å²) in [6, 6.07) is 15.9. The monoisotopic (exact) mass is 391 g/mol. The second kappa shape index (κ2) is 7.56. The van der Waals surface area contributed by atoms with Crippen LogP contribution in [0.2, 0.25) is 0 Å². The molecule has 4 rings (SSSR count). The van der Waals surface area contributed by atoms with E-state index in [-0.39, 0.29) is 18.6 Å². The summed E-state index contributed by atoms with van der Waals surface area (Å²) in [7, 11) is 0. The summed E-state index contributed by atoms with van der Waals surface area (Å²) < 4.78 is 7.48. The van der Waals surface area contributed by atoms with E-state index in [2.05, 4.69) is 40.7 Å². The third kappa shape index (κ3) is 3.10. The van der Waals surface area contributed by atoms with E-state index < -0.39 is 0 Å². The van der Waals surface area contributed by atoms with Crippen LogP contribution in [-0.4, -0.2) is 28.4 Å². The Labute approximate surface area is 168 Å². The molecule has 2 aromatic carbocycles. The summed E-state index contributed by atoms with van der Waals surface area (Å²) in [6.45, 7) is 5.69. The van der Waals surface area contributed by atoms with Crippen molar-refractivity contribution in [2.45, 2.75) is 17.9 Å². The lowest BCUT2D eigenvalue weighted by atomic mass is 9.95. The van der Waals surface area contributed by atoms with Crippen molar-refractivity contribution < 1.29 is 9.53 Å². The van der Waals surface area contributed by atoms with Crippen molar-refractivity contribution in [3.05, 3.63) is 78.0 Å². The van der Waals surface area contributed by atoms with Gasteiger partial charge in [0.25, 0.3) is 0 Å². The van der Waals surface area contributed by atoms with Crippen LogP contribution in [0.15, 0.2) is 77.4 Å². The smallest absolute Gasteiger partial charge is 0.338 e. The summed E-state index contributed by atoms with van der Waals surface area (Å²) in [5.41, 5.74) is 4.17. The molecule has 1 aliphatic heterocycles. The molecule has 1 aromatic heterocycles. The molecule has 142 valence electrons. The van der Waals surface area contributed by atoms with E-state index in [1.54, 1.807) is 17.8 Å². The van der Waals surface area contributed by atoms with Crippen molar-refractivity contribution in [3.63, 3.8) is 0 Å². The average molecular weight is 391 g/mol. The minimum Gasteiger partial charge on any atom is -0.458 e. The number of carbonyl (C=O) groups is 1. The van der Waals surface area contributed by atoms with Gasteiger partial charge in [-0.2, -0.15) is 0 Å². The van der Waals surface area contributed by atoms with Crippen molar-refractivity contribution in [2.24, 2.45) is 0 Å². The van der Waals surface area contributed by atoms with Gasteiger partial charge >= 0.3 is 5.97 Å². The highest BCUT2D eigenvalue weighted by Crippen LogP contribution is 2.39. The number of esters is 1. The number of anilines is 1. The van der Waals surface area contributed by atoms with Crippen LogP contribution in [0, 0.1) is 0 Å². The summed E-state index contributed by atoms with van der Waals surface area (Å²) >= 11 is 1.69. The van der Waals surface area contributed by atoms with Gasteiger partial charge in [-0.3, -0.25) is 4.57 Å². The Bertz CT molecular complexity index is 1080. The van der Waals surface area contributed by atoms with Gasteiger partial charge in [0, 0.05) is 10.6 Å². The first-order valence-corrected chi connectivity index (χ1v) is 10.2. The Kier molecular flexibility index (Phi) is 4.96. The van der Waals surface area contributed by atoms with E-state index in [9.17, 15) is 4.79 Å². The van der Waals surface area contributed by atoms with Crippen molar-refractivity contribution in [3.8, 4) is 0 Å². The number of fused-ring (bicyclic) bond motifs is 3. The van der Waals surface area contributed by atoms with Gasteiger partial charge in [-0.15, -0.1) is 11.8 Å². The molecule has 1 N–H and O–H groups in total. The Morgan fingerprint density at radius 1 is 1.29 bits per heavy atom. The Morgan fingerprint density at radius 2 is 2.04 bits per heavy atom. The van der Waals surface area contributed by atoms with Crippen molar-refractivity contribution in [2.75, 3.05) is 18.2 Å². The molecule has 3 aromatic rings. The number of allylic oxidation sites excluding steroid dienone is 1. The second-order valence-electron chi connectivity index (χ2n) is 6.52. The van der Waals surface area contributed by atoms with Crippen LogP contribution >= 0.6 is 11.8 Å². The van der Waals surface area contributed by atoms with Crippen LogP contribution in [0.4, 0.5) is 5.95 Å². The lowest BCUT2D eigenvalue weighted by Crippen LogP contribution is -2.29. The van der Waals surface area contributed by atoms with Crippen molar-refractivity contribution >= 4 is 34.7 Å². The number of ether oxygens (including phenoxy) is 1. The molecule has 1 atom stereocenters. The molecule has 0 unspecified atom stereocenters. The molecule has 0 aliphatic carbocycles. The average Bonchev–Trinajstić information content (AvgIpc) is 3.09. The predicted octanol–water partition coefficient (Wildman–Crippen LogP) is 4.78. The number of hydrogen-bond acceptors (Lipinski definition) is 5. The largest absolute Gasteiger partial charge is 0.458 e. The fourth-order valence-electron chi connectivity index (χ4n) is 3.54. The molecular weight excluding hydrogens is 370 g/mol. The highest BCUT2D eigenvalue weighted by molar-refractivity contribution is 7.98. The first-order chi connectivity index (χ1) is 13.6. The van der Waals surface area contributed by atoms with Gasteiger partial charge in [0.05, 0.1) is 22.6 Å². The Balaban J connectivity index is 1.91. The molecule has 5 nitrogen and oxygen atoms in total. The first-order valence-electron chi connectivity index (χ1n) is 9.00. The first kappa shape index (κ1) is 18.4. The Morgan fingerprint density at radius 3 is 2.75 bits per heavy atom. The summed E-state index contributed by atoms with van der Waals surface area (Å²) in [5, 5.41) is 3.28. The zero-order chi connectivity index (χ0) is 19.7. The molecule has 0 saturated heterocycles. The van der Waals surface area contributed by atoms with E-state index in [1.807, 2.05) is 37.4 Å². The number of nitrogens with zero attached hydrogens (tertiary/aromatic N) is 2. The lowest BCUT2D eigenvalue weighted by molar-refractivity contribution is -0.138. The van der Waals surface area contributed by atoms with Gasteiger partial charge in [-0.05, 0) is 43.0 Å². The number of carbonyl (C=O) groups excluding carboxylic acids is 1. The molecule has 2 heterocycles. The number of imidazole rings is 1. The standard InChI is InChI=1S/C22H21N3O2S/c1-4-13-27-21(26)19-14(2)23-22-24-17-7-5-6-8-18(17)25(22)20(19)15-9-11-16(28-3)12-10-15/h4-12,20H,1,13H2,2-3H3,(H,23,24)/t20-/m0/s1. The maximum absolute atomic E-state index is 12.9. The van der Waals surface area contributed by atoms with E-state index in [1.165, 1.54) is 4.90 Å². The fourth-order valence-corrected chi connectivity index (χ4v) is 3.95. The van der Waals surface area contributed by atoms with Gasteiger partial charge in [-0.25, -0.2) is 9.78 Å². The van der Waals surface area contributed by atoms with E-state index in [0.717, 1.165) is 28.2 Å². The highest BCUT2D eigenvalue weighted by atomic mass is 32.2. The molecule has 0 amide bonds. The zero-order valence-electron chi connectivity index (χ0n) is 15.8. The predicted molar refractivity (Wildman–Crippen MR) is 114 cm³/mol. The third-order valence-electron chi connectivity index (χ3n) is 4.81. The number of hydrogen-bond donors (Lipinski definition) is 1. The quantitative estimate of drug-likeness (QED) is 0.385. The molecular formula is C22H21N3O2S. The number of thioether (sulfide) groups is 1. The van der Waals surface area contributed by atoms with Crippen LogP contribution in [0.25, 0.3) is 11.0 Å². The lowest BCUT2D eigenvalue weighted by Gasteiger charge is -2.30. The topological polar surface area (TPSA) is 56.1 Å². The van der Waals surface area contributed by atoms with Crippen LogP contribution < -0.4 is 5.32 Å². The minimum absolute atomic E-state index is 0.172. The van der Waals surface area contributed by atoms with Crippen molar-refractivity contribution in [1.29, 1.82) is 0 Å². The van der Waals surface area contributed by atoms with Gasteiger partial charge in [-0.1, -0.05) is 36.9 Å². The van der Waals surface area contributed by atoms with Crippen LogP contribution in [0.1, 0.15) is 18.5 Å². The molecule has 6 heteroatoms. The third-order valence-corrected chi connectivity index (χ3v) is 5.56. The van der Waals surface area contributed by atoms with Crippen LogP contribution in [-0.2, 0) is 9.53 Å². The Hall–Kier alpha value is -2.99. The van der Waals surface area contributed by atoms with Gasteiger partial charge in [0.15, 0.2) is 0 Å². The molecule has 0 bridgehead atoms. The summed E-state index contributed by atoms with van der Waals surface area (Å²) in [5.74, 6) is 0.366. The zero-order valence-corrected chi connectivity index (χ0v) is 16.6. The van der Waals surface area contributed by atoms with Gasteiger partial charge in [0.1, 0.15) is 6.61 Å². The van der Waals surface area contributed by atoms with E-state index >= 15 is 0 Å². The fraction of sp³-hybridized carbons (Fsp3) is 0.182. The van der Waals surface area contributed by atoms with Crippen molar-refractivity contribution in [1.82, 2.24) is 9.55 Å². The number of para-hydroxylation sites is 2. The van der Waals surface area contributed by atoms with Crippen LogP contribution in [0.5, 0.6) is 0 Å². The van der Waals surface area contributed by atoms with Gasteiger partial charge in [0.2, 0.25) is 5.95 Å². The highest BCUT2D eigenvalue weighted by Gasteiger charge is 2.34. The van der Waals surface area contributed by atoms with Crippen LogP contribution in [0.3, 0.4) is 0 Å². The number of aromatic nitrogens is 2. The number of nitrogens with one attached hydrogen (secondary N) is 1. The number of benzene rings is 2. The molecule has 1 aliphatic rings. The maximum atomic E-state index is 12.9. The maximum Gasteiger partial charge on any atom is 0.338 e. The van der Waals surface area contributed by atoms with E-state index in [0.29, 0.717) is 5.57 Å². The second-order valence-corrected chi connectivity index (χ2v) is 7.40. The molecule has 0 fully saturated rings. The molecule has 0 saturated carbocycles. The summed E-state index contributed by atoms with van der Waals surface area (Å²) in [6.07, 6.45) is 3.62. The molecule has 0 spiro atoms. The summed E-state index contributed by atoms with van der Waals surface area (Å²) in [4.78, 5) is 18.8. The van der Waals surface area contributed by atoms with E-state index in [4.69, 9.17) is 9.72 Å². The number of rotatable bonds is 5. The normalized spacial score (nSPS) is 15.9. The van der Waals surface area contributed by atoms with Gasteiger partial charge < -0.3 is 10.1 Å². The SMILES string of the molecule is C=CCOC(=O)C1=C(C)Nc2nc3ccccc3n2[C@H]1c1ccc(SC)cc1. The molecule has 28 heavy (non-hydrogen) atoms. The molecule has 0 radical (unpaired) electrons.